The first-order valence-corrected chi connectivity index (χ1v) is 5.75. The second-order valence-corrected chi connectivity index (χ2v) is 3.97. The molecule has 82 valence electrons. The zero-order valence-corrected chi connectivity index (χ0v) is 9.45. The number of hydrogen-bond donors (Lipinski definition) is 0. The molecule has 1 aromatic carbocycles. The van der Waals surface area contributed by atoms with Gasteiger partial charge in [-0.1, -0.05) is 32.4 Å². The van der Waals surface area contributed by atoms with E-state index in [1.807, 2.05) is 6.07 Å². The largest absolute Gasteiger partial charge is 0.454 e. The number of benzene rings is 1. The van der Waals surface area contributed by atoms with Crippen molar-refractivity contribution in [3.63, 3.8) is 0 Å². The van der Waals surface area contributed by atoms with Crippen molar-refractivity contribution in [1.82, 2.24) is 0 Å². The summed E-state index contributed by atoms with van der Waals surface area (Å²) in [5.41, 5.74) is 1.31. The Balaban J connectivity index is 2.30. The van der Waals surface area contributed by atoms with E-state index in [0.29, 0.717) is 12.7 Å². The molecule has 1 aliphatic rings. The molecule has 1 atom stereocenters. The minimum absolute atomic E-state index is 0.370. The van der Waals surface area contributed by atoms with Crippen molar-refractivity contribution < 1.29 is 9.47 Å². The van der Waals surface area contributed by atoms with E-state index in [4.69, 9.17) is 9.47 Å². The van der Waals surface area contributed by atoms with E-state index < -0.39 is 0 Å². The number of hydrogen-bond acceptors (Lipinski definition) is 2. The van der Waals surface area contributed by atoms with Gasteiger partial charge in [0.15, 0.2) is 11.5 Å². The lowest BCUT2D eigenvalue weighted by atomic mass is 9.91. The highest BCUT2D eigenvalue weighted by Crippen LogP contribution is 2.41. The van der Waals surface area contributed by atoms with Gasteiger partial charge in [0.25, 0.3) is 0 Å². The monoisotopic (exact) mass is 206 g/mol. The zero-order valence-electron chi connectivity index (χ0n) is 9.45. The van der Waals surface area contributed by atoms with Gasteiger partial charge in [0.2, 0.25) is 6.79 Å². The first-order chi connectivity index (χ1) is 7.36. The molecule has 0 N–H and O–H groups in total. The lowest BCUT2D eigenvalue weighted by Crippen LogP contribution is -1.99. The van der Waals surface area contributed by atoms with Gasteiger partial charge < -0.3 is 9.47 Å². The summed E-state index contributed by atoms with van der Waals surface area (Å²) in [4.78, 5) is 0. The molecule has 1 heterocycles. The molecule has 0 amide bonds. The summed E-state index contributed by atoms with van der Waals surface area (Å²) in [6, 6.07) is 6.20. The second-order valence-electron chi connectivity index (χ2n) is 3.97. The average Bonchev–Trinajstić information content (AvgIpc) is 2.73. The minimum Gasteiger partial charge on any atom is -0.454 e. The van der Waals surface area contributed by atoms with Crippen LogP contribution in [0.3, 0.4) is 0 Å². The molecule has 0 spiro atoms. The van der Waals surface area contributed by atoms with Crippen LogP contribution < -0.4 is 9.47 Å². The number of ether oxygens (including phenoxy) is 2. The Hall–Kier alpha value is -1.18. The number of para-hydroxylation sites is 1. The van der Waals surface area contributed by atoms with Crippen molar-refractivity contribution in [2.45, 2.75) is 39.0 Å². The Labute approximate surface area is 91.2 Å². The Morgan fingerprint density at radius 3 is 2.87 bits per heavy atom. The van der Waals surface area contributed by atoms with Gasteiger partial charge in [-0.05, 0) is 24.8 Å². The Morgan fingerprint density at radius 1 is 1.27 bits per heavy atom. The third-order valence-electron chi connectivity index (χ3n) is 3.00. The lowest BCUT2D eigenvalue weighted by molar-refractivity contribution is 0.173. The van der Waals surface area contributed by atoms with Gasteiger partial charge in [-0.15, -0.1) is 0 Å². The topological polar surface area (TPSA) is 18.5 Å². The molecule has 1 aromatic rings. The molecule has 0 saturated carbocycles. The predicted molar refractivity (Wildman–Crippen MR) is 60.5 cm³/mol. The first kappa shape index (κ1) is 10.3. The van der Waals surface area contributed by atoms with Gasteiger partial charge >= 0.3 is 0 Å². The van der Waals surface area contributed by atoms with E-state index in [1.54, 1.807) is 0 Å². The Kier molecular flexibility index (Phi) is 3.14. The highest BCUT2D eigenvalue weighted by atomic mass is 16.7. The lowest BCUT2D eigenvalue weighted by Gasteiger charge is -2.16. The molecule has 0 saturated heterocycles. The molecule has 1 unspecified atom stereocenters. The average molecular weight is 206 g/mol. The Bertz CT molecular complexity index is 333. The van der Waals surface area contributed by atoms with Crippen molar-refractivity contribution in [3.8, 4) is 11.5 Å². The molecule has 2 heteroatoms. The van der Waals surface area contributed by atoms with Crippen molar-refractivity contribution in [1.29, 1.82) is 0 Å². The summed E-state index contributed by atoms with van der Waals surface area (Å²) in [5.74, 6) is 2.48. The van der Waals surface area contributed by atoms with Crippen LogP contribution in [0.25, 0.3) is 0 Å². The maximum atomic E-state index is 5.54. The van der Waals surface area contributed by atoms with Crippen LogP contribution in [0, 0.1) is 0 Å². The fourth-order valence-corrected chi connectivity index (χ4v) is 2.20. The molecule has 0 bridgehead atoms. The Morgan fingerprint density at radius 2 is 2.13 bits per heavy atom. The third kappa shape index (κ3) is 1.94. The summed E-state index contributed by atoms with van der Waals surface area (Å²) < 4.78 is 10.9. The summed E-state index contributed by atoms with van der Waals surface area (Å²) >= 11 is 0. The predicted octanol–water partition coefficient (Wildman–Crippen LogP) is 3.71. The van der Waals surface area contributed by atoms with Gasteiger partial charge in [0.05, 0.1) is 0 Å². The normalized spacial score (nSPS) is 15.3. The quantitative estimate of drug-likeness (QED) is 0.747. The zero-order chi connectivity index (χ0) is 10.7. The first-order valence-electron chi connectivity index (χ1n) is 5.75. The van der Waals surface area contributed by atoms with Crippen molar-refractivity contribution in [2.24, 2.45) is 0 Å². The maximum Gasteiger partial charge on any atom is 0.231 e. The second kappa shape index (κ2) is 4.56. The highest BCUT2D eigenvalue weighted by Gasteiger charge is 2.21. The van der Waals surface area contributed by atoms with Crippen LogP contribution in [0.1, 0.15) is 44.6 Å². The molecular formula is C13H18O2. The van der Waals surface area contributed by atoms with Crippen LogP contribution in [-0.4, -0.2) is 6.79 Å². The van der Waals surface area contributed by atoms with Gasteiger partial charge in [-0.2, -0.15) is 0 Å². The minimum atomic E-state index is 0.370. The maximum absolute atomic E-state index is 5.54. The van der Waals surface area contributed by atoms with Crippen LogP contribution in [0.4, 0.5) is 0 Å². The van der Waals surface area contributed by atoms with E-state index in [9.17, 15) is 0 Å². The van der Waals surface area contributed by atoms with Gasteiger partial charge in [0, 0.05) is 5.56 Å². The summed E-state index contributed by atoms with van der Waals surface area (Å²) in [6.07, 6.45) is 3.59. The third-order valence-corrected chi connectivity index (χ3v) is 3.00. The van der Waals surface area contributed by atoms with Crippen molar-refractivity contribution >= 4 is 0 Å². The van der Waals surface area contributed by atoms with Gasteiger partial charge in [-0.25, -0.2) is 0 Å². The molecule has 0 aromatic heterocycles. The number of rotatable bonds is 4. The molecular weight excluding hydrogens is 188 g/mol. The standard InChI is InChI=1S/C13H18O2/c1-3-6-10(4-2)11-7-5-8-12-13(11)15-9-14-12/h5,7-8,10H,3-4,6,9H2,1-2H3. The van der Waals surface area contributed by atoms with Crippen molar-refractivity contribution in [2.75, 3.05) is 6.79 Å². The molecule has 1 aliphatic heterocycles. The van der Waals surface area contributed by atoms with Gasteiger partial charge in [-0.3, -0.25) is 0 Å². The molecule has 0 radical (unpaired) electrons. The summed E-state index contributed by atoms with van der Waals surface area (Å²) in [7, 11) is 0. The summed E-state index contributed by atoms with van der Waals surface area (Å²) in [6.45, 7) is 4.83. The van der Waals surface area contributed by atoms with E-state index in [0.717, 1.165) is 17.9 Å². The molecule has 15 heavy (non-hydrogen) atoms. The SMILES string of the molecule is CCCC(CC)c1cccc2c1OCO2. The fourth-order valence-electron chi connectivity index (χ4n) is 2.20. The highest BCUT2D eigenvalue weighted by molar-refractivity contribution is 5.49. The van der Waals surface area contributed by atoms with Crippen LogP contribution in [0.5, 0.6) is 11.5 Å². The molecule has 0 fully saturated rings. The van der Waals surface area contributed by atoms with E-state index in [-0.39, 0.29) is 0 Å². The smallest absolute Gasteiger partial charge is 0.231 e. The van der Waals surface area contributed by atoms with Crippen LogP contribution in [0.15, 0.2) is 18.2 Å². The molecule has 2 nitrogen and oxygen atoms in total. The van der Waals surface area contributed by atoms with Crippen molar-refractivity contribution in [3.05, 3.63) is 23.8 Å². The van der Waals surface area contributed by atoms with E-state index in [2.05, 4.69) is 26.0 Å². The fraction of sp³-hybridized carbons (Fsp3) is 0.538. The van der Waals surface area contributed by atoms with Crippen LogP contribution in [-0.2, 0) is 0 Å². The number of fused-ring (bicyclic) bond motifs is 1. The molecule has 2 rings (SSSR count). The van der Waals surface area contributed by atoms with Crippen LogP contribution >= 0.6 is 0 Å². The van der Waals surface area contributed by atoms with E-state index in [1.165, 1.54) is 18.4 Å². The van der Waals surface area contributed by atoms with E-state index >= 15 is 0 Å². The molecule has 0 aliphatic carbocycles. The van der Waals surface area contributed by atoms with Crippen LogP contribution in [0.2, 0.25) is 0 Å². The summed E-state index contributed by atoms with van der Waals surface area (Å²) in [5, 5.41) is 0. The van der Waals surface area contributed by atoms with Gasteiger partial charge in [0.1, 0.15) is 0 Å².